The summed E-state index contributed by atoms with van der Waals surface area (Å²) in [5.74, 6) is 0. The molecule has 0 spiro atoms. The molecule has 0 radical (unpaired) electrons. The van der Waals surface area contributed by atoms with E-state index in [1.807, 2.05) is 0 Å². The van der Waals surface area contributed by atoms with Crippen LogP contribution in [-0.2, 0) is 0 Å². The quantitative estimate of drug-likeness (QED) is 0.656. The molecule has 0 aliphatic heterocycles. The summed E-state index contributed by atoms with van der Waals surface area (Å²) >= 11 is 2.13. The van der Waals surface area contributed by atoms with Crippen LogP contribution in [0.2, 0.25) is 37.8 Å². The molecule has 0 aliphatic rings. The van der Waals surface area contributed by atoms with Gasteiger partial charge in [0, 0.05) is 0 Å². The Bertz CT molecular complexity index is 186. The minimum atomic E-state index is -1.15. The molecule has 0 aromatic rings. The molecule has 0 aromatic carbocycles. The summed E-state index contributed by atoms with van der Waals surface area (Å²) in [7, 11) is -2.15. The van der Waals surface area contributed by atoms with Crippen LogP contribution in [0.3, 0.4) is 0 Å². The SMILES string of the molecule is CSC([Si](C)(C)C)[Si](C)(C)C(C)(C)C. The van der Waals surface area contributed by atoms with Crippen LogP contribution in [0.4, 0.5) is 0 Å². The van der Waals surface area contributed by atoms with Gasteiger partial charge in [-0.3, -0.25) is 0 Å². The molecule has 0 amide bonds. The molecule has 0 N–H and O–H groups in total. The summed E-state index contributed by atoms with van der Waals surface area (Å²) in [6, 6.07) is 0. The maximum Gasteiger partial charge on any atom is 0.0637 e. The average molecular weight is 249 g/mol. The first-order chi connectivity index (χ1) is 5.94. The van der Waals surface area contributed by atoms with Crippen LogP contribution in [0.1, 0.15) is 20.8 Å². The first-order valence-corrected chi connectivity index (χ1v) is 13.4. The molecule has 0 nitrogen and oxygen atoms in total. The Kier molecular flexibility index (Phi) is 4.58. The fraction of sp³-hybridized carbons (Fsp3) is 1.00. The van der Waals surface area contributed by atoms with E-state index in [0.717, 1.165) is 4.50 Å². The Morgan fingerprint density at radius 1 is 0.929 bits per heavy atom. The zero-order valence-electron chi connectivity index (χ0n) is 11.5. The molecule has 0 bridgehead atoms. The van der Waals surface area contributed by atoms with Crippen LogP contribution in [0.25, 0.3) is 0 Å². The Morgan fingerprint density at radius 3 is 1.36 bits per heavy atom. The van der Waals surface area contributed by atoms with E-state index in [1.165, 1.54) is 0 Å². The van der Waals surface area contributed by atoms with E-state index < -0.39 is 16.1 Å². The number of rotatable bonds is 3. The molecule has 1 unspecified atom stereocenters. The fourth-order valence-corrected chi connectivity index (χ4v) is 19.1. The van der Waals surface area contributed by atoms with Crippen molar-refractivity contribution in [3.05, 3.63) is 0 Å². The van der Waals surface area contributed by atoms with Crippen LogP contribution in [0.15, 0.2) is 0 Å². The predicted molar refractivity (Wildman–Crippen MR) is 77.8 cm³/mol. The van der Waals surface area contributed by atoms with Crippen LogP contribution in [0.5, 0.6) is 0 Å². The lowest BCUT2D eigenvalue weighted by Crippen LogP contribution is -2.58. The third-order valence-corrected chi connectivity index (χ3v) is 20.9. The van der Waals surface area contributed by atoms with E-state index in [4.69, 9.17) is 0 Å². The second kappa shape index (κ2) is 4.34. The highest BCUT2D eigenvalue weighted by molar-refractivity contribution is 8.03. The Hall–Kier alpha value is 0.784. The molecule has 0 saturated carbocycles. The molecule has 0 aromatic heterocycles. The third kappa shape index (κ3) is 3.14. The van der Waals surface area contributed by atoms with Gasteiger partial charge in [-0.1, -0.05) is 53.5 Å². The van der Waals surface area contributed by atoms with Gasteiger partial charge in [0.1, 0.15) is 0 Å². The molecule has 0 rings (SSSR count). The molecule has 1 atom stereocenters. The van der Waals surface area contributed by atoms with E-state index in [0.29, 0.717) is 5.04 Å². The summed E-state index contributed by atoms with van der Waals surface area (Å²) < 4.78 is 0.968. The molecular weight excluding hydrogens is 220 g/mol. The Balaban J connectivity index is 5.04. The average Bonchev–Trinajstić information content (AvgIpc) is 1.80. The van der Waals surface area contributed by atoms with Gasteiger partial charge in [-0.15, -0.1) is 0 Å². The highest BCUT2D eigenvalue weighted by Gasteiger charge is 2.47. The second-order valence-corrected chi connectivity index (χ2v) is 20.1. The summed E-state index contributed by atoms with van der Waals surface area (Å²) in [6.45, 7) is 20.0. The van der Waals surface area contributed by atoms with Crippen LogP contribution in [0, 0.1) is 0 Å². The van der Waals surface area contributed by atoms with Crippen molar-refractivity contribution in [1.82, 2.24) is 0 Å². The van der Waals surface area contributed by atoms with Gasteiger partial charge in [0.2, 0.25) is 0 Å². The zero-order valence-corrected chi connectivity index (χ0v) is 14.3. The molecule has 0 heterocycles. The Labute approximate surface area is 97.3 Å². The normalized spacial score (nSPS) is 16.9. The minimum absolute atomic E-state index is 0.529. The largest absolute Gasteiger partial charge is 0.168 e. The maximum absolute atomic E-state index is 2.58. The summed E-state index contributed by atoms with van der Waals surface area (Å²) in [4.78, 5) is 0. The van der Waals surface area contributed by atoms with Crippen molar-refractivity contribution in [1.29, 1.82) is 0 Å². The van der Waals surface area contributed by atoms with Crippen molar-refractivity contribution >= 4 is 27.9 Å². The molecule has 0 saturated heterocycles. The monoisotopic (exact) mass is 248 g/mol. The van der Waals surface area contributed by atoms with Gasteiger partial charge in [-0.2, -0.15) is 11.8 Å². The highest BCUT2D eigenvalue weighted by atomic mass is 32.2. The topological polar surface area (TPSA) is 0 Å². The van der Waals surface area contributed by atoms with Gasteiger partial charge in [-0.05, 0) is 15.8 Å². The van der Waals surface area contributed by atoms with Gasteiger partial charge in [0.15, 0.2) is 0 Å². The number of hydrogen-bond acceptors (Lipinski definition) is 1. The van der Waals surface area contributed by atoms with E-state index in [1.54, 1.807) is 0 Å². The van der Waals surface area contributed by atoms with Crippen LogP contribution < -0.4 is 0 Å². The summed E-state index contributed by atoms with van der Waals surface area (Å²) in [5, 5.41) is 0.529. The van der Waals surface area contributed by atoms with Crippen molar-refractivity contribution in [2.45, 2.75) is 63.0 Å². The van der Waals surface area contributed by atoms with Crippen molar-refractivity contribution in [3.63, 3.8) is 0 Å². The van der Waals surface area contributed by atoms with E-state index in [-0.39, 0.29) is 0 Å². The second-order valence-electron chi connectivity index (χ2n) is 6.95. The smallest absolute Gasteiger partial charge is 0.0637 e. The van der Waals surface area contributed by atoms with Gasteiger partial charge < -0.3 is 0 Å². The molecule has 86 valence electrons. The van der Waals surface area contributed by atoms with Crippen molar-refractivity contribution in [3.8, 4) is 0 Å². The first-order valence-electron chi connectivity index (χ1n) is 5.47. The molecular formula is C11H28SSi2. The van der Waals surface area contributed by atoms with Crippen LogP contribution >= 0.6 is 11.8 Å². The van der Waals surface area contributed by atoms with Gasteiger partial charge in [0.05, 0.1) is 16.1 Å². The molecule has 3 heteroatoms. The van der Waals surface area contributed by atoms with E-state index >= 15 is 0 Å². The lowest BCUT2D eigenvalue weighted by atomic mass is 10.2. The van der Waals surface area contributed by atoms with Crippen LogP contribution in [-0.4, -0.2) is 26.9 Å². The number of hydrogen-bond donors (Lipinski definition) is 0. The number of thioether (sulfide) groups is 1. The van der Waals surface area contributed by atoms with Crippen molar-refractivity contribution in [2.75, 3.05) is 6.26 Å². The molecule has 0 aliphatic carbocycles. The lowest BCUT2D eigenvalue weighted by molar-refractivity contribution is 0.719. The van der Waals surface area contributed by atoms with Crippen molar-refractivity contribution in [2.24, 2.45) is 0 Å². The molecule has 0 fully saturated rings. The summed E-state index contributed by atoms with van der Waals surface area (Å²) in [5.41, 5.74) is 0. The fourth-order valence-electron chi connectivity index (χ4n) is 2.12. The van der Waals surface area contributed by atoms with Gasteiger partial charge in [-0.25, -0.2) is 0 Å². The Morgan fingerprint density at radius 2 is 1.29 bits per heavy atom. The standard InChI is InChI=1S/C11H28SSi2/c1-11(2,3)14(8,9)10(12-4)13(5,6)7/h10H,1-9H3. The molecule has 14 heavy (non-hydrogen) atoms. The van der Waals surface area contributed by atoms with E-state index in [9.17, 15) is 0 Å². The van der Waals surface area contributed by atoms with Crippen molar-refractivity contribution < 1.29 is 0 Å². The maximum atomic E-state index is 2.58. The van der Waals surface area contributed by atoms with Gasteiger partial charge >= 0.3 is 0 Å². The zero-order chi connectivity index (χ0) is 11.8. The van der Waals surface area contributed by atoms with Gasteiger partial charge in [0.25, 0.3) is 0 Å². The highest BCUT2D eigenvalue weighted by Crippen LogP contribution is 2.44. The third-order valence-electron chi connectivity index (χ3n) is 3.61. The van der Waals surface area contributed by atoms with E-state index in [2.05, 4.69) is 71.5 Å². The minimum Gasteiger partial charge on any atom is -0.168 e. The lowest BCUT2D eigenvalue weighted by Gasteiger charge is -2.47. The summed E-state index contributed by atoms with van der Waals surface area (Å²) in [6.07, 6.45) is 2.31. The predicted octanol–water partition coefficient (Wildman–Crippen LogP) is 4.64. The first kappa shape index (κ1) is 14.8.